The second-order valence-electron chi connectivity index (χ2n) is 18.2. The molecule has 0 spiro atoms. The number of thioether (sulfide) groups is 1. The van der Waals surface area contributed by atoms with Gasteiger partial charge in [0.05, 0.1) is 6.04 Å². The molecule has 0 N–H and O–H groups in total. The minimum absolute atomic E-state index is 0.100. The number of aryl methyl sites for hydroxylation is 1. The van der Waals surface area contributed by atoms with E-state index in [4.69, 9.17) is 9.41 Å². The largest absolute Gasteiger partial charge is 0.455 e. The van der Waals surface area contributed by atoms with Gasteiger partial charge in [-0.25, -0.2) is 0 Å². The summed E-state index contributed by atoms with van der Waals surface area (Å²) in [5.41, 5.74) is 18.8. The first-order valence-electron chi connectivity index (χ1n) is 23.1. The van der Waals surface area contributed by atoms with Crippen molar-refractivity contribution in [1.29, 1.82) is 0 Å². The van der Waals surface area contributed by atoms with E-state index in [-0.39, 0.29) is 12.0 Å². The minimum atomic E-state index is 0.100. The second kappa shape index (κ2) is 16.6. The van der Waals surface area contributed by atoms with E-state index in [2.05, 4.69) is 190 Å². The second-order valence-corrected chi connectivity index (χ2v) is 19.4. The van der Waals surface area contributed by atoms with E-state index in [1.165, 1.54) is 77.3 Å². The maximum Gasteiger partial charge on any atom is 0.142 e. The summed E-state index contributed by atoms with van der Waals surface area (Å²) in [5.74, 6) is 2.34. The van der Waals surface area contributed by atoms with Gasteiger partial charge >= 0.3 is 0 Å². The van der Waals surface area contributed by atoms with Gasteiger partial charge in [0.1, 0.15) is 11.3 Å². The van der Waals surface area contributed by atoms with Gasteiger partial charge < -0.3 is 4.42 Å². The highest BCUT2D eigenvalue weighted by Gasteiger charge is 2.41. The highest BCUT2D eigenvalue weighted by atomic mass is 32.2. The van der Waals surface area contributed by atoms with Crippen LogP contribution in [0, 0.1) is 17.8 Å². The van der Waals surface area contributed by atoms with Crippen LogP contribution in [0.1, 0.15) is 98.8 Å². The fourth-order valence-corrected chi connectivity index (χ4v) is 12.8. The minimum Gasteiger partial charge on any atom is -0.455 e. The molecule has 3 heterocycles. The van der Waals surface area contributed by atoms with E-state index in [0.717, 1.165) is 56.3 Å². The monoisotopic (exact) mass is 825 g/mol. The highest BCUT2D eigenvalue weighted by Crippen LogP contribution is 2.57. The molecule has 4 aromatic carbocycles. The number of furan rings is 1. The molecular weight excluding hydrogens is 771 g/mol. The molecule has 6 atom stereocenters. The van der Waals surface area contributed by atoms with Gasteiger partial charge in [-0.3, -0.25) is 4.99 Å². The molecule has 4 aliphatic carbocycles. The molecule has 0 radical (unpaired) electrons. The average Bonchev–Trinajstić information content (AvgIpc) is 3.92. The number of fused-ring (bicyclic) bond motifs is 5. The standard InChI is InChI=1S/C59H55NOS/c1-4-39-34-51(37(2)38(3)55(43-22-12-7-13-23-43)60-56(39)44-32-30-42(31-33-44)40-18-8-5-9-19-40)49-27-16-25-47-48-26-17-28-50(58(48)61-57(47)49)53-36-45(41-20-10-6-11-21-41)35-52-46-24-14-15-29-54(46)62-59(52)53/h5-16,18-25,27-30,32,36,38-39,45-46,54,56H,4,17,26,31,33-35H2,1-3H3/b51-37+,60-55?. The van der Waals surface area contributed by atoms with Crippen LogP contribution in [0.5, 0.6) is 0 Å². The van der Waals surface area contributed by atoms with Crippen LogP contribution in [-0.4, -0.2) is 17.0 Å². The Morgan fingerprint density at radius 3 is 2.27 bits per heavy atom. The molecule has 11 rings (SSSR count). The molecule has 0 saturated heterocycles. The number of benzene rings is 4. The van der Waals surface area contributed by atoms with Crippen LogP contribution in [0.15, 0.2) is 194 Å². The summed E-state index contributed by atoms with van der Waals surface area (Å²) in [7, 11) is 0. The molecule has 2 aliphatic heterocycles. The number of nitrogens with zero attached hydrogens (tertiary/aromatic N) is 1. The number of para-hydroxylation sites is 1. The van der Waals surface area contributed by atoms with Crippen molar-refractivity contribution in [2.24, 2.45) is 22.7 Å². The molecule has 0 fully saturated rings. The summed E-state index contributed by atoms with van der Waals surface area (Å²) >= 11 is 2.07. The quantitative estimate of drug-likeness (QED) is 0.163. The van der Waals surface area contributed by atoms with Crippen molar-refractivity contribution in [3.63, 3.8) is 0 Å². The van der Waals surface area contributed by atoms with Crippen LogP contribution in [0.2, 0.25) is 0 Å². The van der Waals surface area contributed by atoms with E-state index in [9.17, 15) is 0 Å². The number of hydrogen-bond donors (Lipinski definition) is 0. The smallest absolute Gasteiger partial charge is 0.142 e. The molecule has 0 bridgehead atoms. The van der Waals surface area contributed by atoms with Gasteiger partial charge in [0.25, 0.3) is 0 Å². The Morgan fingerprint density at radius 1 is 0.758 bits per heavy atom. The van der Waals surface area contributed by atoms with Gasteiger partial charge in [-0.15, -0.1) is 11.8 Å². The van der Waals surface area contributed by atoms with Crippen molar-refractivity contribution >= 4 is 45.2 Å². The predicted molar refractivity (Wildman–Crippen MR) is 263 cm³/mol. The van der Waals surface area contributed by atoms with E-state index < -0.39 is 0 Å². The van der Waals surface area contributed by atoms with Crippen molar-refractivity contribution in [2.45, 2.75) is 82.9 Å². The molecule has 0 saturated carbocycles. The summed E-state index contributed by atoms with van der Waals surface area (Å²) in [6.07, 6.45) is 26.3. The Balaban J connectivity index is 1.02. The van der Waals surface area contributed by atoms with Crippen LogP contribution in [0.4, 0.5) is 0 Å². The number of hydrogen-bond acceptors (Lipinski definition) is 3. The Hall–Kier alpha value is -5.64. The molecular formula is C59H55NOS. The van der Waals surface area contributed by atoms with Crippen molar-refractivity contribution in [3.8, 4) is 0 Å². The SMILES string of the molecule is CCC1C/C(c2cccc3c4c(oc23)C(C2=CC(c3ccccc3)CC3=C2SC2C=CC=CC32)=CCC4)=C(/C)C(C)C(c2ccccc2)=NC1C1=CC=C(c2ccccc2)CC1. The first-order chi connectivity index (χ1) is 30.5. The van der Waals surface area contributed by atoms with Crippen molar-refractivity contribution in [1.82, 2.24) is 0 Å². The molecule has 6 unspecified atom stereocenters. The molecule has 62 heavy (non-hydrogen) atoms. The average molecular weight is 826 g/mol. The van der Waals surface area contributed by atoms with Crippen LogP contribution >= 0.6 is 11.8 Å². The third-order valence-electron chi connectivity index (χ3n) is 14.8. The third kappa shape index (κ3) is 6.94. The Bertz CT molecular complexity index is 2840. The molecule has 1 aromatic heterocycles. The first kappa shape index (κ1) is 39.2. The van der Waals surface area contributed by atoms with Crippen molar-refractivity contribution < 1.29 is 4.42 Å². The van der Waals surface area contributed by atoms with E-state index in [0.29, 0.717) is 23.0 Å². The summed E-state index contributed by atoms with van der Waals surface area (Å²) < 4.78 is 7.43. The van der Waals surface area contributed by atoms with Gasteiger partial charge in [-0.05, 0) is 95.9 Å². The van der Waals surface area contributed by atoms with Crippen molar-refractivity contribution in [2.75, 3.05) is 0 Å². The maximum atomic E-state index is 7.43. The van der Waals surface area contributed by atoms with Gasteiger partial charge in [-0.2, -0.15) is 0 Å². The zero-order valence-electron chi connectivity index (χ0n) is 36.2. The normalized spacial score (nSPS) is 27.0. The number of rotatable bonds is 7. The lowest BCUT2D eigenvalue weighted by Gasteiger charge is -2.34. The lowest BCUT2D eigenvalue weighted by Crippen LogP contribution is -2.29. The topological polar surface area (TPSA) is 25.5 Å². The van der Waals surface area contributed by atoms with Gasteiger partial charge in [0.2, 0.25) is 0 Å². The maximum absolute atomic E-state index is 7.43. The number of aliphatic imine (C=N–C) groups is 1. The molecule has 308 valence electrons. The van der Waals surface area contributed by atoms with Gasteiger partial charge in [0, 0.05) is 55.7 Å². The molecule has 2 nitrogen and oxygen atoms in total. The summed E-state index contributed by atoms with van der Waals surface area (Å²) in [6.45, 7) is 7.13. The first-order valence-corrected chi connectivity index (χ1v) is 24.0. The zero-order chi connectivity index (χ0) is 41.7. The van der Waals surface area contributed by atoms with E-state index in [1.807, 2.05) is 0 Å². The molecule has 5 aromatic rings. The Labute approximate surface area is 372 Å². The Kier molecular flexibility index (Phi) is 10.5. The Morgan fingerprint density at radius 2 is 1.52 bits per heavy atom. The predicted octanol–water partition coefficient (Wildman–Crippen LogP) is 15.5. The molecule has 0 amide bonds. The van der Waals surface area contributed by atoms with E-state index >= 15 is 0 Å². The van der Waals surface area contributed by atoms with Crippen LogP contribution in [-0.2, 0) is 6.42 Å². The van der Waals surface area contributed by atoms with Crippen LogP contribution in [0.3, 0.4) is 0 Å². The zero-order valence-corrected chi connectivity index (χ0v) is 37.0. The lowest BCUT2D eigenvalue weighted by molar-refractivity contribution is 0.443. The summed E-state index contributed by atoms with van der Waals surface area (Å²) in [5, 5.41) is 1.73. The fourth-order valence-electron chi connectivity index (χ4n) is 11.3. The molecule has 3 heteroatoms. The van der Waals surface area contributed by atoms with Gasteiger partial charge in [0.15, 0.2) is 0 Å². The van der Waals surface area contributed by atoms with Crippen LogP contribution < -0.4 is 0 Å². The highest BCUT2D eigenvalue weighted by molar-refractivity contribution is 8.04. The van der Waals surface area contributed by atoms with E-state index in [1.54, 1.807) is 5.57 Å². The summed E-state index contributed by atoms with van der Waals surface area (Å²) in [6, 6.07) is 40.1. The fraction of sp³-hybridized carbons (Fsp3) is 0.271. The lowest BCUT2D eigenvalue weighted by atomic mass is 9.75. The van der Waals surface area contributed by atoms with Gasteiger partial charge in [-0.1, -0.05) is 184 Å². The molecule has 6 aliphatic rings. The summed E-state index contributed by atoms with van der Waals surface area (Å²) in [4.78, 5) is 7.31. The van der Waals surface area contributed by atoms with Crippen LogP contribution in [0.25, 0.3) is 27.7 Å². The third-order valence-corrected chi connectivity index (χ3v) is 16.2. The van der Waals surface area contributed by atoms with Crippen molar-refractivity contribution in [3.05, 3.63) is 219 Å². The number of allylic oxidation sites excluding steroid dienone is 13.